The lowest BCUT2D eigenvalue weighted by Gasteiger charge is -2.16. The molecule has 2 nitrogen and oxygen atoms in total. The van der Waals surface area contributed by atoms with E-state index in [2.05, 4.69) is 5.32 Å². The van der Waals surface area contributed by atoms with E-state index in [1.165, 1.54) is 18.2 Å². The second kappa shape index (κ2) is 6.48. The van der Waals surface area contributed by atoms with Crippen LogP contribution in [-0.2, 0) is 6.61 Å². The lowest BCUT2D eigenvalue weighted by atomic mass is 10.1. The van der Waals surface area contributed by atoms with E-state index < -0.39 is 0 Å². The topological polar surface area (TPSA) is 21.3 Å². The molecular weight excluding hydrogens is 260 g/mol. The van der Waals surface area contributed by atoms with Crippen LogP contribution >= 0.6 is 0 Å². The molecule has 0 aromatic heterocycles. The predicted octanol–water partition coefficient (Wildman–Crippen LogP) is 3.82. The first-order valence-corrected chi connectivity index (χ1v) is 6.44. The zero-order valence-electron chi connectivity index (χ0n) is 11.5. The van der Waals surface area contributed by atoms with Crippen molar-refractivity contribution >= 4 is 0 Å². The zero-order chi connectivity index (χ0) is 14.5. The number of rotatable bonds is 5. The zero-order valence-corrected chi connectivity index (χ0v) is 11.5. The molecule has 0 aliphatic rings. The molecule has 0 saturated carbocycles. The minimum Gasteiger partial charge on any atom is -0.488 e. The molecule has 1 N–H and O–H groups in total. The fourth-order valence-corrected chi connectivity index (χ4v) is 1.92. The van der Waals surface area contributed by atoms with Crippen LogP contribution in [-0.4, -0.2) is 7.05 Å². The summed E-state index contributed by atoms with van der Waals surface area (Å²) >= 11 is 0. The fraction of sp³-hybridized carbons (Fsp3) is 0.250. The highest BCUT2D eigenvalue weighted by atomic mass is 19.1. The minimum absolute atomic E-state index is 0.0196. The van der Waals surface area contributed by atoms with Crippen LogP contribution in [0.5, 0.6) is 5.75 Å². The van der Waals surface area contributed by atoms with E-state index in [9.17, 15) is 8.78 Å². The Balaban J connectivity index is 2.20. The maximum atomic E-state index is 13.5. The Bertz CT molecular complexity index is 586. The highest BCUT2D eigenvalue weighted by Crippen LogP contribution is 2.27. The van der Waals surface area contributed by atoms with Gasteiger partial charge < -0.3 is 10.1 Å². The van der Waals surface area contributed by atoms with Gasteiger partial charge in [0, 0.05) is 23.2 Å². The third kappa shape index (κ3) is 3.33. The van der Waals surface area contributed by atoms with Crippen molar-refractivity contribution in [2.45, 2.75) is 19.6 Å². The van der Waals surface area contributed by atoms with Crippen molar-refractivity contribution in [3.63, 3.8) is 0 Å². The van der Waals surface area contributed by atoms with Gasteiger partial charge in [-0.05, 0) is 26.1 Å². The number of hydrogen-bond donors (Lipinski definition) is 1. The van der Waals surface area contributed by atoms with Gasteiger partial charge in [-0.3, -0.25) is 0 Å². The van der Waals surface area contributed by atoms with Crippen LogP contribution in [0.1, 0.15) is 24.1 Å². The van der Waals surface area contributed by atoms with Gasteiger partial charge in [-0.15, -0.1) is 0 Å². The van der Waals surface area contributed by atoms with Crippen LogP contribution < -0.4 is 10.1 Å². The summed E-state index contributed by atoms with van der Waals surface area (Å²) < 4.78 is 32.5. The Morgan fingerprint density at radius 3 is 2.60 bits per heavy atom. The van der Waals surface area contributed by atoms with Gasteiger partial charge in [-0.1, -0.05) is 24.3 Å². The summed E-state index contributed by atoms with van der Waals surface area (Å²) in [4.78, 5) is 0. The van der Waals surface area contributed by atoms with Gasteiger partial charge in [0.1, 0.15) is 24.0 Å². The van der Waals surface area contributed by atoms with Crippen molar-refractivity contribution in [3.8, 4) is 5.75 Å². The SMILES string of the molecule is CNC(C)c1ccc(F)cc1OCc1ccccc1F. The monoisotopic (exact) mass is 277 g/mol. The smallest absolute Gasteiger partial charge is 0.129 e. The summed E-state index contributed by atoms with van der Waals surface area (Å²) in [5, 5.41) is 3.07. The molecule has 0 bridgehead atoms. The molecule has 0 fully saturated rings. The van der Waals surface area contributed by atoms with Crippen molar-refractivity contribution in [1.82, 2.24) is 5.32 Å². The van der Waals surface area contributed by atoms with E-state index in [-0.39, 0.29) is 24.3 Å². The van der Waals surface area contributed by atoms with E-state index in [1.807, 2.05) is 14.0 Å². The Morgan fingerprint density at radius 1 is 1.15 bits per heavy atom. The first kappa shape index (κ1) is 14.5. The van der Waals surface area contributed by atoms with Crippen molar-refractivity contribution in [2.24, 2.45) is 0 Å². The molecule has 0 amide bonds. The molecule has 0 spiro atoms. The lowest BCUT2D eigenvalue weighted by Crippen LogP contribution is -2.14. The highest BCUT2D eigenvalue weighted by Gasteiger charge is 2.12. The maximum absolute atomic E-state index is 13.5. The number of hydrogen-bond acceptors (Lipinski definition) is 2. The molecule has 0 aliphatic heterocycles. The summed E-state index contributed by atoms with van der Waals surface area (Å²) in [7, 11) is 1.81. The molecule has 0 aliphatic carbocycles. The minimum atomic E-state index is -0.374. The third-order valence-corrected chi connectivity index (χ3v) is 3.22. The van der Waals surface area contributed by atoms with Gasteiger partial charge in [0.05, 0.1) is 0 Å². The molecular formula is C16H17F2NO. The number of benzene rings is 2. The van der Waals surface area contributed by atoms with Gasteiger partial charge in [-0.2, -0.15) is 0 Å². The van der Waals surface area contributed by atoms with E-state index in [4.69, 9.17) is 4.74 Å². The largest absolute Gasteiger partial charge is 0.488 e. The average molecular weight is 277 g/mol. The average Bonchev–Trinajstić information content (AvgIpc) is 2.46. The van der Waals surface area contributed by atoms with E-state index in [1.54, 1.807) is 24.3 Å². The molecule has 0 heterocycles. The van der Waals surface area contributed by atoms with Crippen LogP contribution in [0.25, 0.3) is 0 Å². The van der Waals surface area contributed by atoms with Crippen molar-refractivity contribution in [2.75, 3.05) is 7.05 Å². The lowest BCUT2D eigenvalue weighted by molar-refractivity contribution is 0.292. The van der Waals surface area contributed by atoms with Crippen molar-refractivity contribution in [3.05, 3.63) is 65.2 Å². The van der Waals surface area contributed by atoms with Gasteiger partial charge in [0.25, 0.3) is 0 Å². The van der Waals surface area contributed by atoms with Gasteiger partial charge in [0.15, 0.2) is 0 Å². The maximum Gasteiger partial charge on any atom is 0.129 e. The first-order chi connectivity index (χ1) is 9.61. The summed E-state index contributed by atoms with van der Waals surface area (Å²) in [5.41, 5.74) is 1.28. The van der Waals surface area contributed by atoms with Crippen molar-refractivity contribution in [1.29, 1.82) is 0 Å². The van der Waals surface area contributed by atoms with E-state index in [0.717, 1.165) is 5.56 Å². The highest BCUT2D eigenvalue weighted by molar-refractivity contribution is 5.36. The first-order valence-electron chi connectivity index (χ1n) is 6.44. The van der Waals surface area contributed by atoms with E-state index >= 15 is 0 Å². The molecule has 0 radical (unpaired) electrons. The second-order valence-corrected chi connectivity index (χ2v) is 4.57. The number of nitrogens with one attached hydrogen (secondary N) is 1. The second-order valence-electron chi connectivity index (χ2n) is 4.57. The summed E-state index contributed by atoms with van der Waals surface area (Å²) in [6, 6.07) is 10.8. The number of ether oxygens (including phenoxy) is 1. The fourth-order valence-electron chi connectivity index (χ4n) is 1.92. The molecule has 1 unspecified atom stereocenters. The molecule has 2 aromatic rings. The molecule has 2 aromatic carbocycles. The van der Waals surface area contributed by atoms with Crippen LogP contribution in [0.3, 0.4) is 0 Å². The summed E-state index contributed by atoms with van der Waals surface area (Å²) in [6.45, 7) is 2.02. The van der Waals surface area contributed by atoms with Crippen molar-refractivity contribution < 1.29 is 13.5 Å². The van der Waals surface area contributed by atoms with Crippen LogP contribution in [0.4, 0.5) is 8.78 Å². The normalized spacial score (nSPS) is 12.2. The molecule has 0 saturated heterocycles. The van der Waals surface area contributed by atoms with Crippen LogP contribution in [0, 0.1) is 11.6 Å². The molecule has 20 heavy (non-hydrogen) atoms. The van der Waals surface area contributed by atoms with Crippen LogP contribution in [0.15, 0.2) is 42.5 Å². The third-order valence-electron chi connectivity index (χ3n) is 3.22. The van der Waals surface area contributed by atoms with Gasteiger partial charge in [-0.25, -0.2) is 8.78 Å². The van der Waals surface area contributed by atoms with Gasteiger partial charge >= 0.3 is 0 Å². The van der Waals surface area contributed by atoms with E-state index in [0.29, 0.717) is 11.3 Å². The predicted molar refractivity (Wildman–Crippen MR) is 74.6 cm³/mol. The summed E-state index contributed by atoms with van der Waals surface area (Å²) in [5.74, 6) is -0.275. The standard InChI is InChI=1S/C16H17F2NO/c1-11(19-2)14-8-7-13(17)9-16(14)20-10-12-5-3-4-6-15(12)18/h3-9,11,19H,10H2,1-2H3. The quantitative estimate of drug-likeness (QED) is 0.897. The Morgan fingerprint density at radius 2 is 1.90 bits per heavy atom. The summed E-state index contributed by atoms with van der Waals surface area (Å²) in [6.07, 6.45) is 0. The Labute approximate surface area is 117 Å². The molecule has 106 valence electrons. The Hall–Kier alpha value is -1.94. The van der Waals surface area contributed by atoms with Gasteiger partial charge in [0.2, 0.25) is 0 Å². The molecule has 2 rings (SSSR count). The number of halogens is 2. The molecule has 4 heteroatoms. The molecule has 1 atom stereocenters. The Kier molecular flexibility index (Phi) is 4.69. The van der Waals surface area contributed by atoms with Crippen LogP contribution in [0.2, 0.25) is 0 Å².